The molecule has 2 rings (SSSR count). The largest absolute Gasteiger partial charge is 0.447 e. The summed E-state index contributed by atoms with van der Waals surface area (Å²) in [6, 6.07) is 9.82. The van der Waals surface area contributed by atoms with E-state index in [1.54, 1.807) is 4.90 Å². The van der Waals surface area contributed by atoms with Gasteiger partial charge >= 0.3 is 6.09 Å². The summed E-state index contributed by atoms with van der Waals surface area (Å²) in [5.41, 5.74) is 1.09. The molecule has 1 aliphatic rings. The zero-order valence-corrected chi connectivity index (χ0v) is 8.98. The van der Waals surface area contributed by atoms with Gasteiger partial charge in [0, 0.05) is 12.4 Å². The van der Waals surface area contributed by atoms with E-state index in [-0.39, 0.29) is 12.1 Å². The Kier molecular flexibility index (Phi) is 3.11. The molecule has 3 nitrogen and oxygen atoms in total. The smallest absolute Gasteiger partial charge is 0.410 e. The molecule has 1 atom stereocenters. The van der Waals surface area contributed by atoms with Crippen LogP contribution in [0.2, 0.25) is 0 Å². The van der Waals surface area contributed by atoms with Gasteiger partial charge in [-0.15, -0.1) is 11.6 Å². The van der Waals surface area contributed by atoms with Crippen LogP contribution in [0, 0.1) is 0 Å². The Morgan fingerprint density at radius 1 is 1.40 bits per heavy atom. The normalized spacial score (nSPS) is 20.5. The van der Waals surface area contributed by atoms with Gasteiger partial charge < -0.3 is 4.74 Å². The number of carbonyl (C=O) groups is 1. The fourth-order valence-corrected chi connectivity index (χ4v) is 1.85. The topological polar surface area (TPSA) is 29.5 Å². The lowest BCUT2D eigenvalue weighted by atomic mass is 10.2. The molecule has 1 amide bonds. The Labute approximate surface area is 93.6 Å². The molecule has 1 saturated heterocycles. The molecule has 0 aromatic heterocycles. The molecule has 1 aromatic carbocycles. The molecule has 0 spiro atoms. The Balaban J connectivity index is 2.07. The predicted octanol–water partition coefficient (Wildman–Crippen LogP) is 2.25. The second-order valence-corrected chi connectivity index (χ2v) is 3.81. The number of cyclic esters (lactones) is 1. The summed E-state index contributed by atoms with van der Waals surface area (Å²) >= 11 is 5.76. The number of carbonyl (C=O) groups excluding carboxylic acids is 1. The van der Waals surface area contributed by atoms with Crippen molar-refractivity contribution in [2.75, 3.05) is 12.5 Å². The molecule has 1 heterocycles. The highest BCUT2D eigenvalue weighted by Gasteiger charge is 2.31. The lowest BCUT2D eigenvalue weighted by molar-refractivity contribution is 0.156. The summed E-state index contributed by atoms with van der Waals surface area (Å²) < 4.78 is 4.94. The van der Waals surface area contributed by atoms with Crippen LogP contribution in [0.1, 0.15) is 5.56 Å². The molecule has 1 aromatic rings. The molecule has 0 N–H and O–H groups in total. The summed E-state index contributed by atoms with van der Waals surface area (Å²) in [6.45, 7) is 0.965. The van der Waals surface area contributed by atoms with E-state index < -0.39 is 0 Å². The quantitative estimate of drug-likeness (QED) is 0.739. The molecular formula is C11H12ClNO2. The van der Waals surface area contributed by atoms with Crippen LogP contribution < -0.4 is 0 Å². The summed E-state index contributed by atoms with van der Waals surface area (Å²) in [6.07, 6.45) is -0.274. The van der Waals surface area contributed by atoms with Gasteiger partial charge in [-0.3, -0.25) is 4.90 Å². The maximum absolute atomic E-state index is 11.4. The predicted molar refractivity (Wildman–Crippen MR) is 57.8 cm³/mol. The average Bonchev–Trinajstić information content (AvgIpc) is 2.62. The zero-order chi connectivity index (χ0) is 10.7. The molecule has 1 aliphatic heterocycles. The van der Waals surface area contributed by atoms with E-state index >= 15 is 0 Å². The van der Waals surface area contributed by atoms with Gasteiger partial charge in [0.2, 0.25) is 0 Å². The van der Waals surface area contributed by atoms with Crippen LogP contribution in [-0.4, -0.2) is 29.5 Å². The second-order valence-electron chi connectivity index (χ2n) is 3.50. The van der Waals surface area contributed by atoms with E-state index in [2.05, 4.69) is 0 Å². The minimum Gasteiger partial charge on any atom is -0.447 e. The fourth-order valence-electron chi connectivity index (χ4n) is 1.59. The van der Waals surface area contributed by atoms with Crippen LogP contribution in [-0.2, 0) is 11.3 Å². The van der Waals surface area contributed by atoms with Crippen molar-refractivity contribution < 1.29 is 9.53 Å². The third-order valence-corrected chi connectivity index (χ3v) is 2.80. The van der Waals surface area contributed by atoms with Crippen LogP contribution in [0.3, 0.4) is 0 Å². The Morgan fingerprint density at radius 3 is 2.80 bits per heavy atom. The molecule has 80 valence electrons. The van der Waals surface area contributed by atoms with E-state index in [0.717, 1.165) is 5.56 Å². The minimum atomic E-state index is -0.274. The van der Waals surface area contributed by atoms with E-state index in [4.69, 9.17) is 16.3 Å². The number of benzene rings is 1. The summed E-state index contributed by atoms with van der Waals surface area (Å²) in [5.74, 6) is 0.415. The Hall–Kier alpha value is -1.22. The summed E-state index contributed by atoms with van der Waals surface area (Å²) in [4.78, 5) is 13.1. The van der Waals surface area contributed by atoms with Crippen molar-refractivity contribution in [2.24, 2.45) is 0 Å². The standard InChI is InChI=1S/C11H12ClNO2/c12-6-10-8-15-11(14)13(10)7-9-4-2-1-3-5-9/h1-5,10H,6-8H2. The molecule has 0 bridgehead atoms. The molecule has 0 radical (unpaired) electrons. The van der Waals surface area contributed by atoms with E-state index in [1.165, 1.54) is 0 Å². The lowest BCUT2D eigenvalue weighted by Gasteiger charge is -2.19. The van der Waals surface area contributed by atoms with Gasteiger partial charge in [-0.25, -0.2) is 4.79 Å². The van der Waals surface area contributed by atoms with Gasteiger partial charge in [-0.2, -0.15) is 0 Å². The van der Waals surface area contributed by atoms with Crippen LogP contribution in [0.4, 0.5) is 4.79 Å². The number of halogens is 1. The molecule has 4 heteroatoms. The summed E-state index contributed by atoms with van der Waals surface area (Å²) in [5, 5.41) is 0. The van der Waals surface area contributed by atoms with Crippen molar-refractivity contribution >= 4 is 17.7 Å². The van der Waals surface area contributed by atoms with Gasteiger partial charge in [-0.05, 0) is 5.56 Å². The molecule has 1 fully saturated rings. The third-order valence-electron chi connectivity index (χ3n) is 2.45. The maximum Gasteiger partial charge on any atom is 0.410 e. The summed E-state index contributed by atoms with van der Waals surface area (Å²) in [7, 11) is 0. The first-order valence-electron chi connectivity index (χ1n) is 4.84. The van der Waals surface area contributed by atoms with E-state index in [0.29, 0.717) is 19.0 Å². The lowest BCUT2D eigenvalue weighted by Crippen LogP contribution is -2.34. The zero-order valence-electron chi connectivity index (χ0n) is 8.23. The molecular weight excluding hydrogens is 214 g/mol. The maximum atomic E-state index is 11.4. The Morgan fingerprint density at radius 2 is 2.13 bits per heavy atom. The highest BCUT2D eigenvalue weighted by atomic mass is 35.5. The number of hydrogen-bond donors (Lipinski definition) is 0. The van der Waals surface area contributed by atoms with Gasteiger partial charge in [0.05, 0.1) is 6.04 Å². The average molecular weight is 226 g/mol. The minimum absolute atomic E-state index is 0.000581. The Bertz CT molecular complexity index is 342. The van der Waals surface area contributed by atoms with Crippen LogP contribution >= 0.6 is 11.6 Å². The highest BCUT2D eigenvalue weighted by molar-refractivity contribution is 6.18. The molecule has 15 heavy (non-hydrogen) atoms. The van der Waals surface area contributed by atoms with Gasteiger partial charge in [0.15, 0.2) is 0 Å². The first kappa shape index (κ1) is 10.3. The number of rotatable bonds is 3. The van der Waals surface area contributed by atoms with Gasteiger partial charge in [0.1, 0.15) is 6.61 Å². The van der Waals surface area contributed by atoms with Gasteiger partial charge in [0.25, 0.3) is 0 Å². The van der Waals surface area contributed by atoms with Crippen LogP contribution in [0.15, 0.2) is 30.3 Å². The van der Waals surface area contributed by atoms with Crippen molar-refractivity contribution in [1.82, 2.24) is 4.90 Å². The van der Waals surface area contributed by atoms with Crippen molar-refractivity contribution in [3.05, 3.63) is 35.9 Å². The van der Waals surface area contributed by atoms with Crippen molar-refractivity contribution in [3.63, 3.8) is 0 Å². The highest BCUT2D eigenvalue weighted by Crippen LogP contribution is 2.17. The fraction of sp³-hybridized carbons (Fsp3) is 0.364. The molecule has 1 unspecified atom stereocenters. The number of ether oxygens (including phenoxy) is 1. The monoisotopic (exact) mass is 225 g/mol. The van der Waals surface area contributed by atoms with Crippen LogP contribution in [0.25, 0.3) is 0 Å². The second kappa shape index (κ2) is 4.53. The van der Waals surface area contributed by atoms with Gasteiger partial charge in [-0.1, -0.05) is 30.3 Å². The van der Waals surface area contributed by atoms with E-state index in [9.17, 15) is 4.79 Å². The van der Waals surface area contributed by atoms with Crippen molar-refractivity contribution in [3.8, 4) is 0 Å². The number of alkyl halides is 1. The van der Waals surface area contributed by atoms with E-state index in [1.807, 2.05) is 30.3 Å². The number of hydrogen-bond acceptors (Lipinski definition) is 2. The number of nitrogens with zero attached hydrogens (tertiary/aromatic N) is 1. The SMILES string of the molecule is O=C1OCC(CCl)N1Cc1ccccc1. The number of amides is 1. The third kappa shape index (κ3) is 2.23. The molecule has 0 saturated carbocycles. The first-order chi connectivity index (χ1) is 7.31. The van der Waals surface area contributed by atoms with Crippen LogP contribution in [0.5, 0.6) is 0 Å². The first-order valence-corrected chi connectivity index (χ1v) is 5.38. The van der Waals surface area contributed by atoms with Crippen molar-refractivity contribution in [1.29, 1.82) is 0 Å². The molecule has 0 aliphatic carbocycles. The van der Waals surface area contributed by atoms with Crippen molar-refractivity contribution in [2.45, 2.75) is 12.6 Å².